The molecule has 0 saturated heterocycles. The maximum atomic E-state index is 11.2. The Morgan fingerprint density at radius 1 is 1.44 bits per heavy atom. The van der Waals surface area contributed by atoms with Gasteiger partial charge in [-0.15, -0.1) is 6.58 Å². The second-order valence-corrected chi connectivity index (χ2v) is 5.25. The van der Waals surface area contributed by atoms with Gasteiger partial charge in [-0.25, -0.2) is 0 Å². The van der Waals surface area contributed by atoms with Crippen LogP contribution < -0.4 is 5.73 Å². The molecule has 0 radical (unpaired) electrons. The van der Waals surface area contributed by atoms with Crippen molar-refractivity contribution in [3.63, 3.8) is 0 Å². The highest BCUT2D eigenvalue weighted by molar-refractivity contribution is 7.86. The van der Waals surface area contributed by atoms with Gasteiger partial charge in [0.25, 0.3) is 10.1 Å². The summed E-state index contributed by atoms with van der Waals surface area (Å²) in [4.78, 5) is 3.82. The van der Waals surface area contributed by atoms with E-state index in [0.29, 0.717) is 17.5 Å². The first-order chi connectivity index (χ1) is 8.43. The Kier molecular flexibility index (Phi) is 3.06. The molecule has 1 aromatic carbocycles. The van der Waals surface area contributed by atoms with Crippen molar-refractivity contribution >= 4 is 26.7 Å². The van der Waals surface area contributed by atoms with Crippen LogP contribution in [0.25, 0.3) is 10.9 Å². The largest absolute Gasteiger partial charge is 0.398 e. The fourth-order valence-corrected chi connectivity index (χ4v) is 2.39. The van der Waals surface area contributed by atoms with Gasteiger partial charge in [0.15, 0.2) is 0 Å². The summed E-state index contributed by atoms with van der Waals surface area (Å²) in [6, 6.07) is 4.42. The fourth-order valence-electron chi connectivity index (χ4n) is 1.75. The van der Waals surface area contributed by atoms with E-state index in [1.807, 2.05) is 0 Å². The first kappa shape index (κ1) is 12.5. The molecule has 1 aromatic heterocycles. The van der Waals surface area contributed by atoms with Gasteiger partial charge in [0.1, 0.15) is 4.90 Å². The summed E-state index contributed by atoms with van der Waals surface area (Å²) in [6.45, 7) is 3.62. The lowest BCUT2D eigenvalue weighted by Gasteiger charge is -2.07. The predicted molar refractivity (Wildman–Crippen MR) is 69.9 cm³/mol. The third-order valence-electron chi connectivity index (χ3n) is 2.56. The van der Waals surface area contributed by atoms with Gasteiger partial charge in [0, 0.05) is 17.3 Å². The van der Waals surface area contributed by atoms with Gasteiger partial charge in [-0.3, -0.25) is 9.54 Å². The predicted octanol–water partition coefficient (Wildman–Crippen LogP) is 1.79. The van der Waals surface area contributed by atoms with Crippen LogP contribution in [0.1, 0.15) is 5.56 Å². The van der Waals surface area contributed by atoms with E-state index in [-0.39, 0.29) is 10.4 Å². The van der Waals surface area contributed by atoms with E-state index in [0.717, 1.165) is 5.56 Å². The minimum Gasteiger partial charge on any atom is -0.398 e. The number of benzene rings is 1. The molecule has 0 spiro atoms. The molecule has 0 aliphatic rings. The van der Waals surface area contributed by atoms with Crippen molar-refractivity contribution < 1.29 is 13.0 Å². The van der Waals surface area contributed by atoms with Crippen LogP contribution in [0.15, 0.2) is 41.9 Å². The molecule has 18 heavy (non-hydrogen) atoms. The quantitative estimate of drug-likeness (QED) is 0.501. The lowest BCUT2D eigenvalue weighted by atomic mass is 10.1. The van der Waals surface area contributed by atoms with Crippen molar-refractivity contribution in [2.75, 3.05) is 5.73 Å². The molecule has 2 rings (SSSR count). The maximum absolute atomic E-state index is 11.2. The zero-order chi connectivity index (χ0) is 13.3. The number of nitrogen functional groups attached to an aromatic ring is 1. The summed E-state index contributed by atoms with van der Waals surface area (Å²) in [5.74, 6) is 0. The van der Waals surface area contributed by atoms with Crippen LogP contribution in [-0.2, 0) is 16.5 Å². The molecule has 0 atom stereocenters. The van der Waals surface area contributed by atoms with Crippen molar-refractivity contribution in [2.24, 2.45) is 0 Å². The third kappa shape index (κ3) is 2.20. The van der Waals surface area contributed by atoms with Gasteiger partial charge in [0.2, 0.25) is 0 Å². The zero-order valence-corrected chi connectivity index (χ0v) is 10.3. The molecule has 0 fully saturated rings. The van der Waals surface area contributed by atoms with Crippen LogP contribution in [0.4, 0.5) is 5.69 Å². The van der Waals surface area contributed by atoms with Crippen LogP contribution >= 0.6 is 0 Å². The van der Waals surface area contributed by atoms with Gasteiger partial charge in [-0.05, 0) is 30.2 Å². The van der Waals surface area contributed by atoms with Crippen molar-refractivity contribution in [3.8, 4) is 0 Å². The lowest BCUT2D eigenvalue weighted by molar-refractivity contribution is 0.484. The lowest BCUT2D eigenvalue weighted by Crippen LogP contribution is -2.02. The van der Waals surface area contributed by atoms with Crippen molar-refractivity contribution in [3.05, 3.63) is 42.6 Å². The summed E-state index contributed by atoms with van der Waals surface area (Å²) in [5, 5.41) is 0.504. The number of hydrogen-bond donors (Lipinski definition) is 2. The molecular weight excluding hydrogens is 252 g/mol. The van der Waals surface area contributed by atoms with E-state index in [1.54, 1.807) is 12.1 Å². The number of pyridine rings is 1. The average Bonchev–Trinajstić information content (AvgIpc) is 2.29. The molecule has 3 N–H and O–H groups in total. The molecule has 1 heterocycles. The van der Waals surface area contributed by atoms with Gasteiger partial charge in [-0.2, -0.15) is 8.42 Å². The molecule has 94 valence electrons. The number of allylic oxidation sites excluding steroid dienone is 1. The molecule has 6 heteroatoms. The number of fused-ring (bicyclic) bond motifs is 1. The number of hydrogen-bond acceptors (Lipinski definition) is 4. The van der Waals surface area contributed by atoms with Crippen LogP contribution in [-0.4, -0.2) is 18.0 Å². The van der Waals surface area contributed by atoms with Crippen LogP contribution in [0.5, 0.6) is 0 Å². The van der Waals surface area contributed by atoms with E-state index >= 15 is 0 Å². The number of rotatable bonds is 3. The Morgan fingerprint density at radius 2 is 2.17 bits per heavy atom. The number of nitrogens with two attached hydrogens (primary N) is 1. The molecule has 0 saturated carbocycles. The normalized spacial score (nSPS) is 11.6. The highest BCUT2D eigenvalue weighted by Crippen LogP contribution is 2.26. The van der Waals surface area contributed by atoms with E-state index in [9.17, 15) is 8.42 Å². The van der Waals surface area contributed by atoms with Crippen molar-refractivity contribution in [1.29, 1.82) is 0 Å². The third-order valence-corrected chi connectivity index (χ3v) is 3.45. The maximum Gasteiger partial charge on any atom is 0.296 e. The minimum absolute atomic E-state index is 0.172. The fraction of sp³-hybridized carbons (Fsp3) is 0.0833. The van der Waals surface area contributed by atoms with E-state index in [2.05, 4.69) is 11.6 Å². The van der Waals surface area contributed by atoms with Gasteiger partial charge >= 0.3 is 0 Å². The van der Waals surface area contributed by atoms with Crippen LogP contribution in [0, 0.1) is 0 Å². The smallest absolute Gasteiger partial charge is 0.296 e. The first-order valence-electron chi connectivity index (χ1n) is 5.19. The highest BCUT2D eigenvalue weighted by atomic mass is 32.2. The standard InChI is InChI=1S/C12H12N2O3S/c1-2-3-8-6-9-10(13)4-5-11(18(15,16)17)12(9)14-7-8/h2,4-7H,1,3,13H2,(H,15,16,17). The van der Waals surface area contributed by atoms with Crippen LogP contribution in [0.2, 0.25) is 0 Å². The van der Waals surface area contributed by atoms with E-state index in [4.69, 9.17) is 10.3 Å². The van der Waals surface area contributed by atoms with Gasteiger partial charge < -0.3 is 5.73 Å². The number of anilines is 1. The molecule has 0 unspecified atom stereocenters. The molecule has 0 aliphatic heterocycles. The molecule has 2 aromatic rings. The zero-order valence-electron chi connectivity index (χ0n) is 9.50. The summed E-state index contributed by atoms with van der Waals surface area (Å²) in [5.41, 5.74) is 7.25. The molecule has 0 bridgehead atoms. The van der Waals surface area contributed by atoms with Crippen LogP contribution in [0.3, 0.4) is 0 Å². The van der Waals surface area contributed by atoms with Gasteiger partial charge in [0.05, 0.1) is 5.52 Å². The Balaban J connectivity index is 2.80. The Labute approximate surface area is 105 Å². The van der Waals surface area contributed by atoms with Crippen molar-refractivity contribution in [1.82, 2.24) is 4.98 Å². The molecule has 0 amide bonds. The molecule has 0 aliphatic carbocycles. The summed E-state index contributed by atoms with van der Waals surface area (Å²) >= 11 is 0. The van der Waals surface area contributed by atoms with Gasteiger partial charge in [-0.1, -0.05) is 6.08 Å². The molecular formula is C12H12N2O3S. The van der Waals surface area contributed by atoms with E-state index in [1.165, 1.54) is 18.3 Å². The number of nitrogens with zero attached hydrogens (tertiary/aromatic N) is 1. The van der Waals surface area contributed by atoms with E-state index < -0.39 is 10.1 Å². The minimum atomic E-state index is -4.31. The summed E-state index contributed by atoms with van der Waals surface area (Å²) in [6.07, 6.45) is 3.86. The highest BCUT2D eigenvalue weighted by Gasteiger charge is 2.16. The SMILES string of the molecule is C=CCc1cnc2c(S(=O)(=O)O)ccc(N)c2c1. The Bertz CT molecular complexity index is 723. The Morgan fingerprint density at radius 3 is 2.78 bits per heavy atom. The monoisotopic (exact) mass is 264 g/mol. The summed E-state index contributed by atoms with van der Waals surface area (Å²) < 4.78 is 31.6. The topological polar surface area (TPSA) is 93.3 Å². The second kappa shape index (κ2) is 4.40. The Hall–Kier alpha value is -1.92. The second-order valence-electron chi connectivity index (χ2n) is 3.86. The number of aromatic nitrogens is 1. The first-order valence-corrected chi connectivity index (χ1v) is 6.63. The van der Waals surface area contributed by atoms with Crippen molar-refractivity contribution in [2.45, 2.75) is 11.3 Å². The average molecular weight is 264 g/mol. The molecule has 5 nitrogen and oxygen atoms in total. The summed E-state index contributed by atoms with van der Waals surface area (Å²) in [7, 11) is -4.31.